The van der Waals surface area contributed by atoms with Gasteiger partial charge >= 0.3 is 5.97 Å². The molecule has 0 saturated heterocycles. The predicted molar refractivity (Wildman–Crippen MR) is 128 cm³/mol. The Morgan fingerprint density at radius 2 is 1.65 bits per heavy atom. The maximum absolute atomic E-state index is 13.5. The van der Waals surface area contributed by atoms with Crippen LogP contribution in [0.1, 0.15) is 51.8 Å². The third-order valence-electron chi connectivity index (χ3n) is 5.47. The first kappa shape index (κ1) is 22.7. The highest BCUT2D eigenvalue weighted by atomic mass is 16.5. The van der Waals surface area contributed by atoms with Gasteiger partial charge in [-0.3, -0.25) is 4.79 Å². The Balaban J connectivity index is 1.79. The van der Waals surface area contributed by atoms with Crippen LogP contribution in [0.4, 0.5) is 11.4 Å². The van der Waals surface area contributed by atoms with Crippen molar-refractivity contribution in [2.75, 3.05) is 11.5 Å². The standard InChI is InChI=1S/C26H24N2O6/c1-2-3-9-20-23(24(30)15-10-17(27)25(31)18(28)11-15)16-12-19(29)22(13-21(16)33-20)34-26(32)14-7-5-4-6-8-14/h4-8,10-13,29,31H,2-3,9,27-28H2,1H3. The van der Waals surface area contributed by atoms with Crippen molar-refractivity contribution in [3.05, 3.63) is 77.0 Å². The van der Waals surface area contributed by atoms with E-state index in [4.69, 9.17) is 20.6 Å². The van der Waals surface area contributed by atoms with E-state index in [1.54, 1.807) is 30.3 Å². The molecule has 3 aromatic carbocycles. The Morgan fingerprint density at radius 3 is 2.29 bits per heavy atom. The molecule has 6 N–H and O–H groups in total. The summed E-state index contributed by atoms with van der Waals surface area (Å²) in [7, 11) is 0. The number of hydrogen-bond donors (Lipinski definition) is 4. The molecule has 0 unspecified atom stereocenters. The van der Waals surface area contributed by atoms with Crippen molar-refractivity contribution in [1.29, 1.82) is 0 Å². The number of esters is 1. The summed E-state index contributed by atoms with van der Waals surface area (Å²) in [6, 6.07) is 13.8. The summed E-state index contributed by atoms with van der Waals surface area (Å²) < 4.78 is 11.3. The summed E-state index contributed by atoms with van der Waals surface area (Å²) in [5.41, 5.74) is 12.6. The number of nitrogen functional groups attached to an aromatic ring is 2. The Bertz CT molecular complexity index is 1370. The number of aromatic hydroxyl groups is 2. The minimum Gasteiger partial charge on any atom is -0.504 e. The van der Waals surface area contributed by atoms with Gasteiger partial charge in [0.1, 0.15) is 11.3 Å². The van der Waals surface area contributed by atoms with E-state index in [1.807, 2.05) is 6.92 Å². The van der Waals surface area contributed by atoms with Gasteiger partial charge in [-0.25, -0.2) is 4.79 Å². The molecule has 1 aromatic heterocycles. The number of ketones is 1. The minimum absolute atomic E-state index is 0.0239. The molecule has 0 bridgehead atoms. The first-order chi connectivity index (χ1) is 16.3. The molecular weight excluding hydrogens is 436 g/mol. The zero-order valence-corrected chi connectivity index (χ0v) is 18.5. The van der Waals surface area contributed by atoms with Crippen LogP contribution >= 0.6 is 0 Å². The van der Waals surface area contributed by atoms with Gasteiger partial charge in [-0.2, -0.15) is 0 Å². The van der Waals surface area contributed by atoms with Crippen LogP contribution in [0.25, 0.3) is 11.0 Å². The van der Waals surface area contributed by atoms with E-state index in [2.05, 4.69) is 0 Å². The summed E-state index contributed by atoms with van der Waals surface area (Å²) in [4.78, 5) is 25.9. The van der Waals surface area contributed by atoms with Gasteiger partial charge in [-0.05, 0) is 36.8 Å². The summed E-state index contributed by atoms with van der Waals surface area (Å²) in [5, 5.41) is 20.8. The summed E-state index contributed by atoms with van der Waals surface area (Å²) >= 11 is 0. The number of ether oxygens (including phenoxy) is 1. The lowest BCUT2D eigenvalue weighted by Crippen LogP contribution is -2.08. The number of carbonyl (C=O) groups excluding carboxylic acids is 2. The Hall–Kier alpha value is -4.46. The molecule has 0 spiro atoms. The first-order valence-corrected chi connectivity index (χ1v) is 10.8. The number of unbranched alkanes of at least 4 members (excludes halogenated alkanes) is 1. The zero-order valence-electron chi connectivity index (χ0n) is 18.5. The van der Waals surface area contributed by atoms with E-state index in [9.17, 15) is 19.8 Å². The average molecular weight is 460 g/mol. The lowest BCUT2D eigenvalue weighted by atomic mass is 9.97. The molecule has 4 rings (SSSR count). The molecule has 0 aliphatic carbocycles. The van der Waals surface area contributed by atoms with Crippen LogP contribution in [-0.4, -0.2) is 22.0 Å². The highest BCUT2D eigenvalue weighted by Gasteiger charge is 2.25. The third-order valence-corrected chi connectivity index (χ3v) is 5.47. The molecule has 1 heterocycles. The lowest BCUT2D eigenvalue weighted by molar-refractivity contribution is 0.0729. The molecule has 4 aromatic rings. The number of phenols is 2. The molecule has 0 amide bonds. The summed E-state index contributed by atoms with van der Waals surface area (Å²) in [6.45, 7) is 2.01. The molecule has 34 heavy (non-hydrogen) atoms. The maximum Gasteiger partial charge on any atom is 0.343 e. The largest absolute Gasteiger partial charge is 0.504 e. The van der Waals surface area contributed by atoms with Crippen molar-refractivity contribution in [3.63, 3.8) is 0 Å². The van der Waals surface area contributed by atoms with Crippen molar-refractivity contribution < 1.29 is 29.0 Å². The Morgan fingerprint density at radius 1 is 0.971 bits per heavy atom. The number of nitrogens with two attached hydrogens (primary N) is 2. The summed E-state index contributed by atoms with van der Waals surface area (Å²) in [5.74, 6) is -1.33. The Kier molecular flexibility index (Phi) is 6.14. The van der Waals surface area contributed by atoms with Crippen LogP contribution in [0.2, 0.25) is 0 Å². The van der Waals surface area contributed by atoms with E-state index >= 15 is 0 Å². The second-order valence-corrected chi connectivity index (χ2v) is 7.91. The quantitative estimate of drug-likeness (QED) is 0.101. The normalized spacial score (nSPS) is 11.0. The second-order valence-electron chi connectivity index (χ2n) is 7.91. The van der Waals surface area contributed by atoms with Crippen LogP contribution in [0.3, 0.4) is 0 Å². The SMILES string of the molecule is CCCCc1oc2cc(OC(=O)c3ccccc3)c(O)cc2c1C(=O)c1cc(N)c(O)c(N)c1. The highest BCUT2D eigenvalue weighted by molar-refractivity contribution is 6.18. The van der Waals surface area contributed by atoms with Crippen molar-refractivity contribution in [2.45, 2.75) is 26.2 Å². The van der Waals surface area contributed by atoms with Crippen LogP contribution in [0.15, 0.2) is 59.0 Å². The monoisotopic (exact) mass is 460 g/mol. The van der Waals surface area contributed by atoms with Crippen molar-refractivity contribution in [1.82, 2.24) is 0 Å². The van der Waals surface area contributed by atoms with Gasteiger partial charge in [0.05, 0.1) is 22.5 Å². The van der Waals surface area contributed by atoms with Crippen LogP contribution in [0, 0.1) is 0 Å². The molecule has 8 heteroatoms. The molecule has 0 saturated carbocycles. The number of aryl methyl sites for hydroxylation is 1. The van der Waals surface area contributed by atoms with Gasteiger partial charge in [0.25, 0.3) is 0 Å². The number of anilines is 2. The third kappa shape index (κ3) is 4.25. The van der Waals surface area contributed by atoms with Gasteiger partial charge in [0, 0.05) is 23.4 Å². The fraction of sp³-hybridized carbons (Fsp3) is 0.154. The van der Waals surface area contributed by atoms with E-state index in [-0.39, 0.29) is 45.3 Å². The number of rotatable bonds is 7. The second kappa shape index (κ2) is 9.19. The number of carbonyl (C=O) groups is 2. The molecule has 0 atom stereocenters. The van der Waals surface area contributed by atoms with Crippen LogP contribution < -0.4 is 16.2 Å². The molecule has 0 aliphatic rings. The van der Waals surface area contributed by atoms with Crippen molar-refractivity contribution >= 4 is 34.1 Å². The molecule has 0 radical (unpaired) electrons. The van der Waals surface area contributed by atoms with Gasteiger partial charge in [0.15, 0.2) is 23.0 Å². The van der Waals surface area contributed by atoms with Gasteiger partial charge < -0.3 is 30.8 Å². The fourth-order valence-electron chi connectivity index (χ4n) is 3.70. The van der Waals surface area contributed by atoms with Gasteiger partial charge in [-0.15, -0.1) is 0 Å². The Labute approximate surface area is 195 Å². The van der Waals surface area contributed by atoms with Crippen LogP contribution in [-0.2, 0) is 6.42 Å². The number of hydrogen-bond acceptors (Lipinski definition) is 8. The topological polar surface area (TPSA) is 149 Å². The number of furan rings is 1. The predicted octanol–water partition coefficient (Wildman–Crippen LogP) is 4.80. The van der Waals surface area contributed by atoms with Crippen LogP contribution in [0.5, 0.6) is 17.2 Å². The lowest BCUT2D eigenvalue weighted by Gasteiger charge is -2.08. The zero-order chi connectivity index (χ0) is 24.4. The van der Waals surface area contributed by atoms with E-state index in [1.165, 1.54) is 24.3 Å². The smallest absolute Gasteiger partial charge is 0.343 e. The highest BCUT2D eigenvalue weighted by Crippen LogP contribution is 2.38. The van der Waals surface area contributed by atoms with Gasteiger partial charge in [0.2, 0.25) is 0 Å². The summed E-state index contributed by atoms with van der Waals surface area (Å²) in [6.07, 6.45) is 2.12. The molecular formula is C26H24N2O6. The van der Waals surface area contributed by atoms with Crippen molar-refractivity contribution in [2.24, 2.45) is 0 Å². The molecule has 0 fully saturated rings. The van der Waals surface area contributed by atoms with Crippen molar-refractivity contribution in [3.8, 4) is 17.2 Å². The fourth-order valence-corrected chi connectivity index (χ4v) is 3.70. The number of benzene rings is 3. The van der Waals surface area contributed by atoms with E-state index in [0.717, 1.165) is 12.8 Å². The molecule has 8 nitrogen and oxygen atoms in total. The number of fused-ring (bicyclic) bond motifs is 1. The minimum atomic E-state index is -0.639. The number of phenolic OH excluding ortho intramolecular Hbond substituents is 2. The van der Waals surface area contributed by atoms with E-state index < -0.39 is 11.8 Å². The van der Waals surface area contributed by atoms with E-state index in [0.29, 0.717) is 23.1 Å². The first-order valence-electron chi connectivity index (χ1n) is 10.8. The maximum atomic E-state index is 13.5. The average Bonchev–Trinajstić information content (AvgIpc) is 3.17. The molecule has 174 valence electrons. The van der Waals surface area contributed by atoms with Gasteiger partial charge in [-0.1, -0.05) is 31.5 Å². The molecule has 0 aliphatic heterocycles.